The van der Waals surface area contributed by atoms with Crippen molar-refractivity contribution in [2.24, 2.45) is 5.73 Å². The van der Waals surface area contributed by atoms with Gasteiger partial charge in [0.05, 0.1) is 12.5 Å². The number of primary amides is 1. The average molecular weight is 390 g/mol. The Morgan fingerprint density at radius 3 is 2.44 bits per heavy atom. The molecule has 1 unspecified atom stereocenters. The summed E-state index contributed by atoms with van der Waals surface area (Å²) in [5, 5.41) is 7.20. The number of ether oxygens (including phenoxy) is 1. The summed E-state index contributed by atoms with van der Waals surface area (Å²) >= 11 is 1.44. The van der Waals surface area contributed by atoms with E-state index in [1.165, 1.54) is 16.2 Å². The van der Waals surface area contributed by atoms with E-state index >= 15 is 0 Å². The Bertz CT molecular complexity index is 775. The number of nitrogens with one attached hydrogen (secondary N) is 2. The van der Waals surface area contributed by atoms with Crippen LogP contribution < -0.4 is 21.1 Å². The Balaban J connectivity index is 1.90. The fraction of sp³-hybridized carbons (Fsp3) is 0.278. The molecule has 0 fully saturated rings. The van der Waals surface area contributed by atoms with E-state index in [2.05, 4.69) is 10.6 Å². The van der Waals surface area contributed by atoms with Crippen molar-refractivity contribution in [3.05, 3.63) is 46.7 Å². The van der Waals surface area contributed by atoms with Crippen LogP contribution >= 0.6 is 11.3 Å². The van der Waals surface area contributed by atoms with E-state index in [-0.39, 0.29) is 24.8 Å². The quantitative estimate of drug-likeness (QED) is 0.639. The van der Waals surface area contributed by atoms with Gasteiger partial charge in [-0.1, -0.05) is 6.07 Å². The third-order valence-electron chi connectivity index (χ3n) is 3.59. The monoisotopic (exact) mass is 390 g/mol. The SMILES string of the molecule is CN(C)C(=O)COc1ccc(NC(=O)CC(NC(N)=O)c2cccs2)cc1. The number of rotatable bonds is 8. The summed E-state index contributed by atoms with van der Waals surface area (Å²) in [6, 6.07) is 9.18. The number of carbonyl (C=O) groups is 3. The van der Waals surface area contributed by atoms with Crippen LogP contribution in [-0.4, -0.2) is 43.4 Å². The Labute approximate surface area is 161 Å². The van der Waals surface area contributed by atoms with Gasteiger partial charge in [0.2, 0.25) is 5.91 Å². The third kappa shape index (κ3) is 6.63. The minimum absolute atomic E-state index is 0.0546. The first-order valence-corrected chi connectivity index (χ1v) is 9.05. The lowest BCUT2D eigenvalue weighted by molar-refractivity contribution is -0.130. The van der Waals surface area contributed by atoms with Gasteiger partial charge in [-0.3, -0.25) is 9.59 Å². The second-order valence-electron chi connectivity index (χ2n) is 5.93. The summed E-state index contributed by atoms with van der Waals surface area (Å²) in [5.74, 6) is 0.114. The number of hydrogen-bond donors (Lipinski definition) is 3. The van der Waals surface area contributed by atoms with Crippen LogP contribution in [0, 0.1) is 0 Å². The number of nitrogens with zero attached hydrogens (tertiary/aromatic N) is 1. The van der Waals surface area contributed by atoms with E-state index in [0.29, 0.717) is 11.4 Å². The van der Waals surface area contributed by atoms with Crippen LogP contribution in [0.1, 0.15) is 17.3 Å². The Hall–Kier alpha value is -3.07. The molecule has 8 nitrogen and oxygen atoms in total. The highest BCUT2D eigenvalue weighted by Gasteiger charge is 2.18. The van der Waals surface area contributed by atoms with Gasteiger partial charge in [0.1, 0.15) is 5.75 Å². The molecule has 9 heteroatoms. The molecule has 1 heterocycles. The molecule has 27 heavy (non-hydrogen) atoms. The molecule has 0 radical (unpaired) electrons. The molecule has 0 spiro atoms. The summed E-state index contributed by atoms with van der Waals surface area (Å²) in [6.07, 6.45) is 0.0546. The number of anilines is 1. The number of thiophene rings is 1. The Kier molecular flexibility index (Phi) is 7.18. The average Bonchev–Trinajstić information content (AvgIpc) is 3.14. The maximum absolute atomic E-state index is 12.3. The van der Waals surface area contributed by atoms with E-state index in [0.717, 1.165) is 4.88 Å². The Morgan fingerprint density at radius 2 is 1.89 bits per heavy atom. The lowest BCUT2D eigenvalue weighted by Crippen LogP contribution is -2.34. The normalized spacial score (nSPS) is 11.3. The van der Waals surface area contributed by atoms with Crippen LogP contribution in [0.5, 0.6) is 5.75 Å². The molecule has 1 aromatic carbocycles. The fourth-order valence-corrected chi connectivity index (χ4v) is 2.97. The second kappa shape index (κ2) is 9.58. The lowest BCUT2D eigenvalue weighted by Gasteiger charge is -2.16. The molecule has 0 bridgehead atoms. The van der Waals surface area contributed by atoms with E-state index in [4.69, 9.17) is 10.5 Å². The predicted molar refractivity (Wildman–Crippen MR) is 104 cm³/mol. The van der Waals surface area contributed by atoms with Gasteiger partial charge >= 0.3 is 6.03 Å². The number of urea groups is 1. The molecule has 0 saturated heterocycles. The molecule has 2 aromatic rings. The molecule has 144 valence electrons. The first kappa shape index (κ1) is 20.2. The van der Waals surface area contributed by atoms with Gasteiger partial charge in [-0.25, -0.2) is 4.79 Å². The zero-order valence-electron chi connectivity index (χ0n) is 15.1. The molecule has 0 aliphatic rings. The molecule has 0 aliphatic carbocycles. The van der Waals surface area contributed by atoms with Crippen LogP contribution in [0.15, 0.2) is 41.8 Å². The summed E-state index contributed by atoms with van der Waals surface area (Å²) in [7, 11) is 3.31. The van der Waals surface area contributed by atoms with Gasteiger partial charge in [-0.15, -0.1) is 11.3 Å². The van der Waals surface area contributed by atoms with Gasteiger partial charge in [0, 0.05) is 24.7 Å². The summed E-state index contributed by atoms with van der Waals surface area (Å²) in [4.78, 5) is 37.3. The maximum Gasteiger partial charge on any atom is 0.312 e. The molecular weight excluding hydrogens is 368 g/mol. The summed E-state index contributed by atoms with van der Waals surface area (Å²) in [5.41, 5.74) is 5.77. The van der Waals surface area contributed by atoms with Gasteiger partial charge in [-0.05, 0) is 35.7 Å². The number of benzene rings is 1. The molecule has 2 rings (SSSR count). The second-order valence-corrected chi connectivity index (χ2v) is 6.91. The number of hydrogen-bond acceptors (Lipinski definition) is 5. The van der Waals surface area contributed by atoms with Crippen molar-refractivity contribution < 1.29 is 19.1 Å². The van der Waals surface area contributed by atoms with E-state index in [1.807, 2.05) is 17.5 Å². The van der Waals surface area contributed by atoms with Crippen molar-refractivity contribution in [3.8, 4) is 5.75 Å². The van der Waals surface area contributed by atoms with Gasteiger partial charge in [0.25, 0.3) is 5.91 Å². The first-order chi connectivity index (χ1) is 12.8. The zero-order chi connectivity index (χ0) is 19.8. The standard InChI is InChI=1S/C18H22N4O4S/c1-22(2)17(24)11-26-13-7-5-12(6-8-13)20-16(23)10-14(21-18(19)25)15-4-3-9-27-15/h3-9,14H,10-11H2,1-2H3,(H,20,23)(H3,19,21,25). The maximum atomic E-state index is 12.3. The van der Waals surface area contributed by atoms with Gasteiger partial charge in [0.15, 0.2) is 6.61 Å². The minimum Gasteiger partial charge on any atom is -0.484 e. The summed E-state index contributed by atoms with van der Waals surface area (Å²) < 4.78 is 5.38. The number of nitrogens with two attached hydrogens (primary N) is 1. The van der Waals surface area contributed by atoms with Crippen LogP contribution in [0.3, 0.4) is 0 Å². The minimum atomic E-state index is -0.685. The van der Waals surface area contributed by atoms with Crippen LogP contribution in [-0.2, 0) is 9.59 Å². The molecule has 1 aromatic heterocycles. The van der Waals surface area contributed by atoms with Crippen molar-refractivity contribution in [3.63, 3.8) is 0 Å². The zero-order valence-corrected chi connectivity index (χ0v) is 15.9. The predicted octanol–water partition coefficient (Wildman–Crippen LogP) is 1.95. The van der Waals surface area contributed by atoms with Crippen molar-refractivity contribution in [2.45, 2.75) is 12.5 Å². The van der Waals surface area contributed by atoms with Crippen molar-refractivity contribution in [1.29, 1.82) is 0 Å². The van der Waals surface area contributed by atoms with E-state index in [9.17, 15) is 14.4 Å². The van der Waals surface area contributed by atoms with Gasteiger partial charge < -0.3 is 26.0 Å². The topological polar surface area (TPSA) is 114 Å². The molecule has 0 saturated carbocycles. The molecule has 4 N–H and O–H groups in total. The van der Waals surface area contributed by atoms with E-state index in [1.54, 1.807) is 38.4 Å². The highest BCUT2D eigenvalue weighted by Crippen LogP contribution is 2.23. The fourth-order valence-electron chi connectivity index (χ4n) is 2.19. The highest BCUT2D eigenvalue weighted by molar-refractivity contribution is 7.10. The van der Waals surface area contributed by atoms with Crippen molar-refractivity contribution >= 4 is 34.9 Å². The highest BCUT2D eigenvalue weighted by atomic mass is 32.1. The molecule has 1 atom stereocenters. The smallest absolute Gasteiger partial charge is 0.312 e. The first-order valence-electron chi connectivity index (χ1n) is 8.17. The number of amides is 4. The molecule has 4 amide bonds. The molecular formula is C18H22N4O4S. The molecule has 0 aliphatic heterocycles. The number of carbonyl (C=O) groups excluding carboxylic acids is 3. The third-order valence-corrected chi connectivity index (χ3v) is 4.58. The summed E-state index contributed by atoms with van der Waals surface area (Å²) in [6.45, 7) is -0.0556. The van der Waals surface area contributed by atoms with E-state index < -0.39 is 12.1 Å². The van der Waals surface area contributed by atoms with Crippen LogP contribution in [0.4, 0.5) is 10.5 Å². The van der Waals surface area contributed by atoms with Crippen LogP contribution in [0.25, 0.3) is 0 Å². The Morgan fingerprint density at radius 1 is 1.19 bits per heavy atom. The van der Waals surface area contributed by atoms with Crippen LogP contribution in [0.2, 0.25) is 0 Å². The van der Waals surface area contributed by atoms with Gasteiger partial charge in [-0.2, -0.15) is 0 Å². The largest absolute Gasteiger partial charge is 0.484 e. The lowest BCUT2D eigenvalue weighted by atomic mass is 10.1. The number of likely N-dealkylation sites (N-methyl/N-ethyl adjacent to an activating group) is 1. The van der Waals surface area contributed by atoms with Crippen molar-refractivity contribution in [2.75, 3.05) is 26.0 Å². The van der Waals surface area contributed by atoms with Crippen molar-refractivity contribution in [1.82, 2.24) is 10.2 Å².